The molecule has 0 saturated carbocycles. The molecule has 2 N–H and O–H groups in total. The fraction of sp³-hybridized carbons (Fsp3) is 0.636. The SMILES string of the molecule is C=CC[C@H]1CC=C[C@H](CCCO)N1. The van der Waals surface area contributed by atoms with Gasteiger partial charge in [-0.3, -0.25) is 0 Å². The number of hydrogen-bond donors (Lipinski definition) is 2. The van der Waals surface area contributed by atoms with Crippen LogP contribution < -0.4 is 5.32 Å². The highest BCUT2D eigenvalue weighted by Crippen LogP contribution is 2.11. The zero-order chi connectivity index (χ0) is 9.52. The van der Waals surface area contributed by atoms with Gasteiger partial charge in [-0.25, -0.2) is 0 Å². The Kier molecular flexibility index (Phi) is 4.79. The summed E-state index contributed by atoms with van der Waals surface area (Å²) in [5.41, 5.74) is 0. The van der Waals surface area contributed by atoms with Crippen molar-refractivity contribution in [2.45, 2.75) is 37.8 Å². The van der Waals surface area contributed by atoms with Crippen LogP contribution in [-0.4, -0.2) is 23.8 Å². The van der Waals surface area contributed by atoms with Crippen molar-refractivity contribution >= 4 is 0 Å². The lowest BCUT2D eigenvalue weighted by molar-refractivity contribution is 0.275. The molecule has 2 heteroatoms. The van der Waals surface area contributed by atoms with Crippen LogP contribution in [0.1, 0.15) is 25.7 Å². The minimum atomic E-state index is 0.290. The largest absolute Gasteiger partial charge is 0.396 e. The second-order valence-electron chi connectivity index (χ2n) is 3.52. The second kappa shape index (κ2) is 5.95. The van der Waals surface area contributed by atoms with Crippen LogP contribution in [0.25, 0.3) is 0 Å². The molecule has 0 aromatic rings. The third-order valence-electron chi connectivity index (χ3n) is 2.36. The topological polar surface area (TPSA) is 32.3 Å². The summed E-state index contributed by atoms with van der Waals surface area (Å²) in [7, 11) is 0. The molecule has 1 aliphatic rings. The molecule has 0 spiro atoms. The zero-order valence-electron chi connectivity index (χ0n) is 8.08. The van der Waals surface area contributed by atoms with Crippen molar-refractivity contribution in [1.29, 1.82) is 0 Å². The molecule has 0 unspecified atom stereocenters. The Morgan fingerprint density at radius 2 is 2.46 bits per heavy atom. The van der Waals surface area contributed by atoms with Gasteiger partial charge in [-0.2, -0.15) is 0 Å². The first kappa shape index (κ1) is 10.5. The Balaban J connectivity index is 2.28. The van der Waals surface area contributed by atoms with Crippen LogP contribution in [0.3, 0.4) is 0 Å². The van der Waals surface area contributed by atoms with Gasteiger partial charge in [0.15, 0.2) is 0 Å². The molecule has 74 valence electrons. The van der Waals surface area contributed by atoms with Crippen LogP contribution >= 0.6 is 0 Å². The van der Waals surface area contributed by atoms with Gasteiger partial charge in [0.05, 0.1) is 0 Å². The minimum absolute atomic E-state index is 0.290. The molecule has 0 fully saturated rings. The summed E-state index contributed by atoms with van der Waals surface area (Å²) >= 11 is 0. The van der Waals surface area contributed by atoms with Crippen LogP contribution in [0.5, 0.6) is 0 Å². The van der Waals surface area contributed by atoms with Crippen molar-refractivity contribution < 1.29 is 5.11 Å². The monoisotopic (exact) mass is 181 g/mol. The molecule has 0 aliphatic carbocycles. The van der Waals surface area contributed by atoms with E-state index in [2.05, 4.69) is 24.0 Å². The van der Waals surface area contributed by atoms with Crippen LogP contribution in [0.2, 0.25) is 0 Å². The first-order chi connectivity index (χ1) is 6.36. The number of rotatable bonds is 5. The van der Waals surface area contributed by atoms with Gasteiger partial charge in [0.2, 0.25) is 0 Å². The van der Waals surface area contributed by atoms with Crippen LogP contribution in [0.15, 0.2) is 24.8 Å². The summed E-state index contributed by atoms with van der Waals surface area (Å²) in [6.07, 6.45) is 10.4. The van der Waals surface area contributed by atoms with Crippen molar-refractivity contribution in [2.24, 2.45) is 0 Å². The lowest BCUT2D eigenvalue weighted by atomic mass is 10.0. The third-order valence-corrected chi connectivity index (χ3v) is 2.36. The van der Waals surface area contributed by atoms with Crippen LogP contribution in [-0.2, 0) is 0 Å². The summed E-state index contributed by atoms with van der Waals surface area (Å²) in [5, 5.41) is 12.2. The highest BCUT2D eigenvalue weighted by Gasteiger charge is 2.14. The molecule has 1 rings (SSSR count). The molecule has 1 aliphatic heterocycles. The molecule has 0 bridgehead atoms. The maximum atomic E-state index is 8.70. The smallest absolute Gasteiger partial charge is 0.0431 e. The Labute approximate surface area is 80.3 Å². The summed E-state index contributed by atoms with van der Waals surface area (Å²) in [6.45, 7) is 4.03. The molecule has 0 aromatic carbocycles. The minimum Gasteiger partial charge on any atom is -0.396 e. The normalized spacial score (nSPS) is 27.5. The summed E-state index contributed by atoms with van der Waals surface area (Å²) < 4.78 is 0. The number of aliphatic hydroxyl groups excluding tert-OH is 1. The molecule has 1 heterocycles. The van der Waals surface area contributed by atoms with Crippen LogP contribution in [0, 0.1) is 0 Å². The van der Waals surface area contributed by atoms with Gasteiger partial charge in [0.1, 0.15) is 0 Å². The Morgan fingerprint density at radius 3 is 3.15 bits per heavy atom. The first-order valence-electron chi connectivity index (χ1n) is 5.01. The number of nitrogens with one attached hydrogen (secondary N) is 1. The fourth-order valence-electron chi connectivity index (χ4n) is 1.69. The summed E-state index contributed by atoms with van der Waals surface area (Å²) in [6, 6.07) is 0.997. The first-order valence-corrected chi connectivity index (χ1v) is 5.01. The highest BCUT2D eigenvalue weighted by atomic mass is 16.2. The van der Waals surface area contributed by atoms with Gasteiger partial charge in [-0.15, -0.1) is 6.58 Å². The van der Waals surface area contributed by atoms with Crippen LogP contribution in [0.4, 0.5) is 0 Å². The van der Waals surface area contributed by atoms with Gasteiger partial charge in [-0.1, -0.05) is 18.2 Å². The second-order valence-corrected chi connectivity index (χ2v) is 3.52. The van der Waals surface area contributed by atoms with Crippen molar-refractivity contribution in [1.82, 2.24) is 5.32 Å². The van der Waals surface area contributed by atoms with Gasteiger partial charge < -0.3 is 10.4 Å². The van der Waals surface area contributed by atoms with Gasteiger partial charge in [-0.05, 0) is 25.7 Å². The molecule has 2 nitrogen and oxygen atoms in total. The molecule has 0 aromatic heterocycles. The average Bonchev–Trinajstić information content (AvgIpc) is 2.16. The standard InChI is InChI=1S/C11H19NO/c1-2-5-10-6-3-7-11(12-10)8-4-9-13/h2-3,7,10-13H,1,4-6,8-9H2/t10-,11+/m0/s1. The van der Waals surface area contributed by atoms with E-state index in [1.807, 2.05) is 6.08 Å². The lowest BCUT2D eigenvalue weighted by Crippen LogP contribution is -2.39. The van der Waals surface area contributed by atoms with E-state index in [-0.39, 0.29) is 6.61 Å². The molecular weight excluding hydrogens is 162 g/mol. The number of hydrogen-bond acceptors (Lipinski definition) is 2. The quantitative estimate of drug-likeness (QED) is 0.632. The van der Waals surface area contributed by atoms with E-state index in [0.717, 1.165) is 25.7 Å². The van der Waals surface area contributed by atoms with Crippen molar-refractivity contribution in [2.75, 3.05) is 6.61 Å². The molecule has 0 radical (unpaired) electrons. The maximum absolute atomic E-state index is 8.70. The van der Waals surface area contributed by atoms with E-state index in [4.69, 9.17) is 5.11 Å². The van der Waals surface area contributed by atoms with Gasteiger partial charge in [0.25, 0.3) is 0 Å². The predicted molar refractivity (Wildman–Crippen MR) is 55.6 cm³/mol. The molecular formula is C11H19NO. The maximum Gasteiger partial charge on any atom is 0.0431 e. The summed E-state index contributed by atoms with van der Waals surface area (Å²) in [5.74, 6) is 0. The van der Waals surface area contributed by atoms with E-state index < -0.39 is 0 Å². The van der Waals surface area contributed by atoms with Crippen molar-refractivity contribution in [3.63, 3.8) is 0 Å². The van der Waals surface area contributed by atoms with E-state index in [1.54, 1.807) is 0 Å². The van der Waals surface area contributed by atoms with E-state index in [9.17, 15) is 0 Å². The Hall–Kier alpha value is -0.600. The average molecular weight is 181 g/mol. The van der Waals surface area contributed by atoms with Crippen molar-refractivity contribution in [3.05, 3.63) is 24.8 Å². The van der Waals surface area contributed by atoms with Gasteiger partial charge >= 0.3 is 0 Å². The van der Waals surface area contributed by atoms with E-state index >= 15 is 0 Å². The summed E-state index contributed by atoms with van der Waals surface area (Å²) in [4.78, 5) is 0. The highest BCUT2D eigenvalue weighted by molar-refractivity contribution is 5.02. The molecule has 2 atom stereocenters. The molecule has 13 heavy (non-hydrogen) atoms. The lowest BCUT2D eigenvalue weighted by Gasteiger charge is -2.26. The molecule has 0 saturated heterocycles. The Bertz CT molecular complexity index is 177. The third kappa shape index (κ3) is 3.75. The predicted octanol–water partition coefficient (Wildman–Crippen LogP) is 1.62. The van der Waals surface area contributed by atoms with Gasteiger partial charge in [0, 0.05) is 18.7 Å². The van der Waals surface area contributed by atoms with Crippen molar-refractivity contribution in [3.8, 4) is 0 Å². The number of aliphatic hydroxyl groups is 1. The fourth-order valence-corrected chi connectivity index (χ4v) is 1.69. The Morgan fingerprint density at radius 1 is 1.62 bits per heavy atom. The molecule has 0 amide bonds. The zero-order valence-corrected chi connectivity index (χ0v) is 8.08. The van der Waals surface area contributed by atoms with E-state index in [0.29, 0.717) is 12.1 Å². The van der Waals surface area contributed by atoms with E-state index in [1.165, 1.54) is 0 Å².